The molecular formula is C18H18O7. The average molecular weight is 346 g/mol. The summed E-state index contributed by atoms with van der Waals surface area (Å²) in [7, 11) is 1.46. The van der Waals surface area contributed by atoms with E-state index in [1.807, 2.05) is 0 Å². The molecule has 0 aromatic heterocycles. The fourth-order valence-electron chi connectivity index (χ4n) is 3.59. The summed E-state index contributed by atoms with van der Waals surface area (Å²) in [6.07, 6.45) is -2.40. The molecule has 0 bridgehead atoms. The monoisotopic (exact) mass is 346 g/mol. The molecular weight excluding hydrogens is 328 g/mol. The van der Waals surface area contributed by atoms with Gasteiger partial charge in [-0.25, -0.2) is 0 Å². The van der Waals surface area contributed by atoms with Gasteiger partial charge in [0, 0.05) is 17.2 Å². The smallest absolute Gasteiger partial charge is 0.168 e. The molecule has 0 spiro atoms. The molecule has 7 heteroatoms. The average Bonchev–Trinajstić information content (AvgIpc) is 2.60. The van der Waals surface area contributed by atoms with Gasteiger partial charge in [0.05, 0.1) is 12.7 Å². The van der Waals surface area contributed by atoms with Crippen LogP contribution in [0.3, 0.4) is 0 Å². The molecule has 132 valence electrons. The first-order chi connectivity index (χ1) is 11.9. The molecule has 2 aromatic carbocycles. The van der Waals surface area contributed by atoms with Crippen molar-refractivity contribution >= 4 is 0 Å². The maximum atomic E-state index is 11.3. The van der Waals surface area contributed by atoms with E-state index in [4.69, 9.17) is 14.2 Å². The molecule has 0 amide bonds. The van der Waals surface area contributed by atoms with Crippen LogP contribution >= 0.6 is 0 Å². The Balaban J connectivity index is 1.94. The molecule has 2 aliphatic rings. The number of aromatic hydroxyl groups is 2. The van der Waals surface area contributed by atoms with Gasteiger partial charge in [0.2, 0.25) is 0 Å². The molecule has 4 rings (SSSR count). The van der Waals surface area contributed by atoms with Crippen LogP contribution in [0.4, 0.5) is 0 Å². The number of para-hydroxylation sites is 1. The molecule has 3 atom stereocenters. The Morgan fingerprint density at radius 1 is 1.28 bits per heavy atom. The summed E-state index contributed by atoms with van der Waals surface area (Å²) < 4.78 is 16.6. The second-order valence-corrected chi connectivity index (χ2v) is 6.26. The number of ether oxygens (including phenoxy) is 3. The topological polar surface area (TPSA) is 109 Å². The largest absolute Gasteiger partial charge is 0.507 e. The summed E-state index contributed by atoms with van der Waals surface area (Å²) in [5.41, 5.74) is -1.17. The van der Waals surface area contributed by atoms with Gasteiger partial charge >= 0.3 is 0 Å². The van der Waals surface area contributed by atoms with Crippen molar-refractivity contribution in [3.8, 4) is 28.7 Å². The third-order valence-electron chi connectivity index (χ3n) is 4.98. The number of fused-ring (bicyclic) bond motifs is 4. The highest BCUT2D eigenvalue weighted by atomic mass is 16.6. The molecule has 0 unspecified atom stereocenters. The zero-order valence-electron chi connectivity index (χ0n) is 13.7. The number of hydrogen-bond acceptors (Lipinski definition) is 7. The number of phenolic OH excluding ortho intramolecular Hbond substituents is 2. The number of hydrogen-bond donors (Lipinski definition) is 4. The van der Waals surface area contributed by atoms with Gasteiger partial charge in [-0.05, 0) is 13.0 Å². The van der Waals surface area contributed by atoms with Crippen LogP contribution in [0.25, 0.3) is 0 Å². The highest BCUT2D eigenvalue weighted by molar-refractivity contribution is 5.61. The number of aliphatic hydroxyl groups is 2. The highest BCUT2D eigenvalue weighted by Crippen LogP contribution is 2.56. The SMILES string of the molecule is COc1cc2c(c(O)c1C)[C@@H](O)[C@@]1(O)c3cccc(O)c3OC[C@@H]1O2. The fraction of sp³-hybridized carbons (Fsp3) is 0.333. The van der Waals surface area contributed by atoms with Crippen LogP contribution < -0.4 is 14.2 Å². The van der Waals surface area contributed by atoms with Gasteiger partial charge < -0.3 is 34.6 Å². The predicted octanol–water partition coefficient (Wildman–Crippen LogP) is 1.49. The summed E-state index contributed by atoms with van der Waals surface area (Å²) in [6.45, 7) is 1.57. The number of aliphatic hydroxyl groups excluding tert-OH is 1. The molecule has 4 N–H and O–H groups in total. The zero-order chi connectivity index (χ0) is 17.9. The van der Waals surface area contributed by atoms with E-state index in [0.717, 1.165) is 0 Å². The molecule has 0 radical (unpaired) electrons. The fourth-order valence-corrected chi connectivity index (χ4v) is 3.59. The van der Waals surface area contributed by atoms with E-state index in [9.17, 15) is 20.4 Å². The van der Waals surface area contributed by atoms with Crippen molar-refractivity contribution < 1.29 is 34.6 Å². The lowest BCUT2D eigenvalue weighted by Crippen LogP contribution is -2.55. The van der Waals surface area contributed by atoms with Crippen LogP contribution in [0, 0.1) is 6.92 Å². The normalized spacial score (nSPS) is 26.6. The van der Waals surface area contributed by atoms with Crippen LogP contribution in [0.2, 0.25) is 0 Å². The molecule has 2 aliphatic heterocycles. The minimum Gasteiger partial charge on any atom is -0.507 e. The lowest BCUT2D eigenvalue weighted by atomic mass is 9.76. The molecule has 0 saturated carbocycles. The van der Waals surface area contributed by atoms with Crippen molar-refractivity contribution in [2.75, 3.05) is 13.7 Å². The Bertz CT molecular complexity index is 863. The molecule has 2 heterocycles. The number of benzene rings is 2. The second kappa shape index (κ2) is 5.18. The van der Waals surface area contributed by atoms with Crippen molar-refractivity contribution in [3.05, 3.63) is 41.0 Å². The van der Waals surface area contributed by atoms with Gasteiger partial charge in [-0.15, -0.1) is 0 Å². The minimum absolute atomic E-state index is 0.0749. The number of methoxy groups -OCH3 is 1. The van der Waals surface area contributed by atoms with Gasteiger partial charge in [-0.3, -0.25) is 0 Å². The van der Waals surface area contributed by atoms with Gasteiger partial charge in [-0.1, -0.05) is 12.1 Å². The van der Waals surface area contributed by atoms with E-state index < -0.39 is 17.8 Å². The maximum absolute atomic E-state index is 11.3. The summed E-state index contributed by atoms with van der Waals surface area (Å²) >= 11 is 0. The third-order valence-corrected chi connectivity index (χ3v) is 4.98. The predicted molar refractivity (Wildman–Crippen MR) is 86.3 cm³/mol. The van der Waals surface area contributed by atoms with Crippen LogP contribution in [-0.4, -0.2) is 40.2 Å². The quantitative estimate of drug-likeness (QED) is 0.619. The lowest BCUT2D eigenvalue weighted by Gasteiger charge is -2.47. The molecule has 7 nitrogen and oxygen atoms in total. The molecule has 0 saturated heterocycles. The van der Waals surface area contributed by atoms with E-state index in [0.29, 0.717) is 11.3 Å². The van der Waals surface area contributed by atoms with Crippen LogP contribution in [0.5, 0.6) is 28.7 Å². The van der Waals surface area contributed by atoms with Crippen molar-refractivity contribution in [3.63, 3.8) is 0 Å². The third kappa shape index (κ3) is 1.93. The van der Waals surface area contributed by atoms with Crippen LogP contribution in [-0.2, 0) is 5.60 Å². The lowest BCUT2D eigenvalue weighted by molar-refractivity contribution is -0.180. The summed E-state index contributed by atoms with van der Waals surface area (Å²) in [5.74, 6) is 0.370. The van der Waals surface area contributed by atoms with E-state index in [1.54, 1.807) is 25.1 Å². The first kappa shape index (κ1) is 15.9. The van der Waals surface area contributed by atoms with Crippen LogP contribution in [0.15, 0.2) is 24.3 Å². The van der Waals surface area contributed by atoms with E-state index in [2.05, 4.69) is 0 Å². The van der Waals surface area contributed by atoms with E-state index in [1.165, 1.54) is 13.2 Å². The van der Waals surface area contributed by atoms with Crippen molar-refractivity contribution in [1.29, 1.82) is 0 Å². The Hall–Kier alpha value is -2.64. The number of phenols is 2. The van der Waals surface area contributed by atoms with E-state index in [-0.39, 0.29) is 40.7 Å². The second-order valence-electron chi connectivity index (χ2n) is 6.26. The van der Waals surface area contributed by atoms with Crippen molar-refractivity contribution in [2.45, 2.75) is 24.7 Å². The summed E-state index contributed by atoms with van der Waals surface area (Å²) in [4.78, 5) is 0. The Morgan fingerprint density at radius 2 is 2.04 bits per heavy atom. The Labute approximate surface area is 143 Å². The van der Waals surface area contributed by atoms with E-state index >= 15 is 0 Å². The standard InChI is InChI=1S/C18H18O7/c1-8-11(23-2)6-12-14(15(8)20)17(21)18(22)9-4-3-5-10(19)16(9)24-7-13(18)25-12/h3-6,13,17,19-22H,7H2,1-2H3/t13-,17+,18+/m0/s1. The Morgan fingerprint density at radius 3 is 2.76 bits per heavy atom. The van der Waals surface area contributed by atoms with Gasteiger partial charge in [-0.2, -0.15) is 0 Å². The maximum Gasteiger partial charge on any atom is 0.168 e. The Kier molecular flexibility index (Phi) is 3.28. The molecule has 2 aromatic rings. The summed E-state index contributed by atoms with van der Waals surface area (Å²) in [5, 5.41) is 42.8. The van der Waals surface area contributed by atoms with Crippen LogP contribution in [0.1, 0.15) is 22.8 Å². The zero-order valence-corrected chi connectivity index (χ0v) is 13.7. The minimum atomic E-state index is -1.88. The van der Waals surface area contributed by atoms with Crippen molar-refractivity contribution in [2.24, 2.45) is 0 Å². The number of rotatable bonds is 1. The first-order valence-corrected chi connectivity index (χ1v) is 7.82. The van der Waals surface area contributed by atoms with Gasteiger partial charge in [0.25, 0.3) is 0 Å². The van der Waals surface area contributed by atoms with Crippen molar-refractivity contribution in [1.82, 2.24) is 0 Å². The highest BCUT2D eigenvalue weighted by Gasteiger charge is 2.56. The summed E-state index contributed by atoms with van der Waals surface area (Å²) in [6, 6.07) is 6.08. The molecule has 0 fully saturated rings. The molecule has 0 aliphatic carbocycles. The van der Waals surface area contributed by atoms with Gasteiger partial charge in [0.1, 0.15) is 30.0 Å². The molecule has 25 heavy (non-hydrogen) atoms. The van der Waals surface area contributed by atoms with Gasteiger partial charge in [0.15, 0.2) is 23.2 Å². The first-order valence-electron chi connectivity index (χ1n) is 7.82.